The number of rotatable bonds is 5. The van der Waals surface area contributed by atoms with Gasteiger partial charge in [-0.25, -0.2) is 4.99 Å². The van der Waals surface area contributed by atoms with Gasteiger partial charge in [-0.3, -0.25) is 0 Å². The van der Waals surface area contributed by atoms with Gasteiger partial charge in [0.2, 0.25) is 0 Å². The van der Waals surface area contributed by atoms with Crippen LogP contribution >= 0.6 is 24.0 Å². The summed E-state index contributed by atoms with van der Waals surface area (Å²) in [6, 6.07) is 4.36. The summed E-state index contributed by atoms with van der Waals surface area (Å²) in [7, 11) is 0. The van der Waals surface area contributed by atoms with Crippen molar-refractivity contribution in [3.8, 4) is 0 Å². The summed E-state index contributed by atoms with van der Waals surface area (Å²) < 4.78 is 45.6. The molecule has 0 atom stereocenters. The quantitative estimate of drug-likeness (QED) is 0.381. The van der Waals surface area contributed by atoms with Gasteiger partial charge in [-0.15, -0.1) is 24.0 Å². The normalized spacial score (nSPS) is 15.8. The van der Waals surface area contributed by atoms with Crippen molar-refractivity contribution in [3.05, 3.63) is 29.3 Å². The van der Waals surface area contributed by atoms with Crippen LogP contribution in [0.5, 0.6) is 0 Å². The Bertz CT molecular complexity index is 602. The Kier molecular flexibility index (Phi) is 8.94. The Balaban J connectivity index is 0.00000338. The molecule has 0 aromatic heterocycles. The Morgan fingerprint density at radius 1 is 1.31 bits per heavy atom. The molecule has 1 aromatic rings. The molecule has 1 saturated heterocycles. The first-order valence-electron chi connectivity index (χ1n) is 8.34. The van der Waals surface area contributed by atoms with Gasteiger partial charge in [0.05, 0.1) is 25.3 Å². The lowest BCUT2D eigenvalue weighted by Gasteiger charge is -2.29. The summed E-state index contributed by atoms with van der Waals surface area (Å²) in [6.45, 7) is 6.73. The van der Waals surface area contributed by atoms with E-state index < -0.39 is 11.7 Å². The molecular weight excluding hydrogens is 460 g/mol. The van der Waals surface area contributed by atoms with Crippen LogP contribution in [0.25, 0.3) is 0 Å². The number of nitrogens with two attached hydrogens (primary N) is 1. The average Bonchev–Trinajstić information content (AvgIpc) is 2.58. The van der Waals surface area contributed by atoms with Crippen LogP contribution in [0.4, 0.5) is 18.9 Å². The highest BCUT2D eigenvalue weighted by Gasteiger charge is 2.34. The van der Waals surface area contributed by atoms with Crippen molar-refractivity contribution < 1.29 is 17.9 Å². The van der Waals surface area contributed by atoms with Gasteiger partial charge in [0, 0.05) is 25.3 Å². The van der Waals surface area contributed by atoms with Crippen molar-refractivity contribution in [3.63, 3.8) is 0 Å². The van der Waals surface area contributed by atoms with E-state index in [1.54, 1.807) is 6.07 Å². The van der Waals surface area contributed by atoms with Crippen molar-refractivity contribution in [2.45, 2.75) is 26.6 Å². The van der Waals surface area contributed by atoms with Crippen LogP contribution in [0.15, 0.2) is 23.2 Å². The molecule has 0 unspecified atom stereocenters. The van der Waals surface area contributed by atoms with Crippen molar-refractivity contribution >= 4 is 35.6 Å². The van der Waals surface area contributed by atoms with Gasteiger partial charge < -0.3 is 20.7 Å². The van der Waals surface area contributed by atoms with Crippen molar-refractivity contribution in [2.24, 2.45) is 16.6 Å². The number of ether oxygens (including phenoxy) is 1. The molecule has 26 heavy (non-hydrogen) atoms. The number of aliphatic imine (C=N–C) groups is 1. The van der Waals surface area contributed by atoms with E-state index in [0.717, 1.165) is 0 Å². The fourth-order valence-corrected chi connectivity index (χ4v) is 2.52. The Morgan fingerprint density at radius 3 is 2.54 bits per heavy atom. The highest BCUT2D eigenvalue weighted by molar-refractivity contribution is 14.0. The van der Waals surface area contributed by atoms with E-state index in [4.69, 9.17) is 10.5 Å². The number of nitrogens with zero attached hydrogens (tertiary/aromatic N) is 2. The predicted octanol–water partition coefficient (Wildman–Crippen LogP) is 3.22. The standard InChI is InChI=1S/C17H25F3N4O.HI/c1-12(2)10-22-16(21)23-11-13-3-4-14(9-15(13)17(18,19)20)24-5-7-25-8-6-24;/h3-4,9,12H,5-8,10-11H2,1-2H3,(H3,21,22,23);1H. The van der Waals surface area contributed by atoms with E-state index in [9.17, 15) is 13.2 Å². The zero-order chi connectivity index (χ0) is 18.4. The van der Waals surface area contributed by atoms with E-state index >= 15 is 0 Å². The molecule has 0 amide bonds. The van der Waals surface area contributed by atoms with Gasteiger partial charge in [-0.05, 0) is 23.6 Å². The van der Waals surface area contributed by atoms with Gasteiger partial charge in [-0.2, -0.15) is 13.2 Å². The van der Waals surface area contributed by atoms with Gasteiger partial charge in [-0.1, -0.05) is 19.9 Å². The van der Waals surface area contributed by atoms with Crippen LogP contribution in [0, 0.1) is 5.92 Å². The fraction of sp³-hybridized carbons (Fsp3) is 0.588. The largest absolute Gasteiger partial charge is 0.416 e. The minimum atomic E-state index is -4.44. The third-order valence-electron chi connectivity index (χ3n) is 3.89. The van der Waals surface area contributed by atoms with Crippen LogP contribution in [-0.4, -0.2) is 38.8 Å². The lowest BCUT2D eigenvalue weighted by molar-refractivity contribution is -0.138. The van der Waals surface area contributed by atoms with Crippen molar-refractivity contribution in [2.75, 3.05) is 37.7 Å². The molecule has 1 heterocycles. The first kappa shape index (κ1) is 22.8. The third kappa shape index (κ3) is 6.82. The number of guanidine groups is 1. The third-order valence-corrected chi connectivity index (χ3v) is 3.89. The minimum Gasteiger partial charge on any atom is -0.378 e. The molecule has 9 heteroatoms. The smallest absolute Gasteiger partial charge is 0.378 e. The highest BCUT2D eigenvalue weighted by atomic mass is 127. The molecule has 0 radical (unpaired) electrons. The van der Waals surface area contributed by atoms with E-state index in [1.807, 2.05) is 18.7 Å². The molecule has 1 aliphatic rings. The van der Waals surface area contributed by atoms with Crippen LogP contribution in [0.3, 0.4) is 0 Å². The molecule has 1 aliphatic heterocycles. The van der Waals surface area contributed by atoms with E-state index in [2.05, 4.69) is 10.3 Å². The lowest BCUT2D eigenvalue weighted by Crippen LogP contribution is -2.36. The van der Waals surface area contributed by atoms with Crippen molar-refractivity contribution in [1.29, 1.82) is 0 Å². The molecule has 5 nitrogen and oxygen atoms in total. The maximum atomic E-state index is 13.4. The summed E-state index contributed by atoms with van der Waals surface area (Å²) in [5.74, 6) is 0.520. The van der Waals surface area contributed by atoms with Crippen molar-refractivity contribution in [1.82, 2.24) is 5.32 Å². The van der Waals surface area contributed by atoms with Gasteiger partial charge >= 0.3 is 6.18 Å². The average molecular weight is 486 g/mol. The summed E-state index contributed by atoms with van der Waals surface area (Å²) in [5.41, 5.74) is 5.70. The highest BCUT2D eigenvalue weighted by Crippen LogP contribution is 2.35. The summed E-state index contributed by atoms with van der Waals surface area (Å²) in [6.07, 6.45) is -4.44. The number of morpholine rings is 1. The Labute approximate surface area is 169 Å². The van der Waals surface area contributed by atoms with Gasteiger partial charge in [0.1, 0.15) is 0 Å². The summed E-state index contributed by atoms with van der Waals surface area (Å²) in [5, 5.41) is 2.90. The second-order valence-electron chi connectivity index (χ2n) is 6.41. The topological polar surface area (TPSA) is 62.9 Å². The molecule has 2 rings (SSSR count). The molecule has 1 aromatic carbocycles. The molecule has 1 fully saturated rings. The first-order chi connectivity index (χ1) is 11.8. The Hall–Kier alpha value is -1.23. The zero-order valence-corrected chi connectivity index (χ0v) is 17.3. The molecular formula is C17H26F3IN4O. The minimum absolute atomic E-state index is 0. The zero-order valence-electron chi connectivity index (χ0n) is 15.0. The van der Waals surface area contributed by atoms with E-state index in [0.29, 0.717) is 44.5 Å². The molecule has 148 valence electrons. The summed E-state index contributed by atoms with van der Waals surface area (Å²) >= 11 is 0. The SMILES string of the molecule is CC(C)CNC(N)=NCc1ccc(N2CCOCC2)cc1C(F)(F)F.I. The van der Waals surface area contributed by atoms with Crippen LogP contribution < -0.4 is 16.0 Å². The number of benzene rings is 1. The lowest BCUT2D eigenvalue weighted by atomic mass is 10.1. The Morgan fingerprint density at radius 2 is 1.96 bits per heavy atom. The maximum Gasteiger partial charge on any atom is 0.416 e. The molecule has 0 aliphatic carbocycles. The van der Waals surface area contributed by atoms with E-state index in [-0.39, 0.29) is 42.0 Å². The number of halogens is 4. The summed E-state index contributed by atoms with van der Waals surface area (Å²) in [4.78, 5) is 5.93. The first-order valence-corrected chi connectivity index (χ1v) is 8.34. The maximum absolute atomic E-state index is 13.4. The van der Waals surface area contributed by atoms with Crippen LogP contribution in [-0.2, 0) is 17.5 Å². The van der Waals surface area contributed by atoms with Crippen LogP contribution in [0.2, 0.25) is 0 Å². The van der Waals surface area contributed by atoms with E-state index in [1.165, 1.54) is 12.1 Å². The second-order valence-corrected chi connectivity index (χ2v) is 6.41. The molecule has 0 saturated carbocycles. The second kappa shape index (κ2) is 10.2. The molecule has 3 N–H and O–H groups in total. The fourth-order valence-electron chi connectivity index (χ4n) is 2.52. The number of hydrogen-bond acceptors (Lipinski definition) is 3. The van der Waals surface area contributed by atoms with Gasteiger partial charge in [0.15, 0.2) is 5.96 Å². The number of anilines is 1. The number of hydrogen-bond donors (Lipinski definition) is 2. The monoisotopic (exact) mass is 486 g/mol. The number of alkyl halides is 3. The van der Waals surface area contributed by atoms with Gasteiger partial charge in [0.25, 0.3) is 0 Å². The predicted molar refractivity (Wildman–Crippen MR) is 108 cm³/mol. The molecule has 0 spiro atoms. The van der Waals surface area contributed by atoms with Crippen LogP contribution in [0.1, 0.15) is 25.0 Å². The number of nitrogens with one attached hydrogen (secondary N) is 1. The molecule has 0 bridgehead atoms.